The Kier molecular flexibility index (Phi) is 5.18. The molecule has 1 atom stereocenters. The van der Waals surface area contributed by atoms with Crippen LogP contribution in [0.2, 0.25) is 10.0 Å². The van der Waals surface area contributed by atoms with Gasteiger partial charge in [-0.05, 0) is 43.3 Å². The van der Waals surface area contributed by atoms with Gasteiger partial charge in [0.15, 0.2) is 6.17 Å². The third-order valence-electron chi connectivity index (χ3n) is 4.71. The maximum absolute atomic E-state index is 13.3. The highest BCUT2D eigenvalue weighted by atomic mass is 35.5. The molecule has 1 aliphatic rings. The third-order valence-corrected chi connectivity index (χ3v) is 5.27. The van der Waals surface area contributed by atoms with E-state index in [1.165, 1.54) is 5.01 Å². The first-order chi connectivity index (χ1) is 14.0. The van der Waals surface area contributed by atoms with Gasteiger partial charge in [0.05, 0.1) is 11.3 Å². The Morgan fingerprint density at radius 3 is 2.55 bits per heavy atom. The number of halogens is 2. The maximum atomic E-state index is 13.3. The van der Waals surface area contributed by atoms with E-state index in [0.29, 0.717) is 38.1 Å². The molecule has 146 valence electrons. The van der Waals surface area contributed by atoms with Crippen LogP contribution in [0.25, 0.3) is 0 Å². The number of amides is 1. The number of carbonyl (C=O) groups is 1. The van der Waals surface area contributed by atoms with E-state index in [0.717, 1.165) is 0 Å². The molecule has 1 unspecified atom stereocenters. The number of para-hydroxylation sites is 2. The fraction of sp³-hybridized carbons (Fsp3) is 0.0909. The van der Waals surface area contributed by atoms with Crippen LogP contribution >= 0.6 is 23.2 Å². The van der Waals surface area contributed by atoms with Crippen molar-refractivity contribution in [3.05, 3.63) is 93.5 Å². The Hall–Kier alpha value is -3.02. The Balaban J connectivity index is 1.84. The first-order valence-electron chi connectivity index (χ1n) is 8.93. The zero-order chi connectivity index (χ0) is 20.5. The summed E-state index contributed by atoms with van der Waals surface area (Å²) in [7, 11) is 0. The van der Waals surface area contributed by atoms with Crippen molar-refractivity contribution in [2.24, 2.45) is 5.10 Å². The van der Waals surface area contributed by atoms with Crippen LogP contribution in [-0.4, -0.2) is 21.7 Å². The molecule has 2 N–H and O–H groups in total. The van der Waals surface area contributed by atoms with Gasteiger partial charge in [0.2, 0.25) is 0 Å². The van der Waals surface area contributed by atoms with Gasteiger partial charge in [-0.3, -0.25) is 4.79 Å². The first kappa shape index (κ1) is 19.3. The number of hydrogen-bond acceptors (Lipinski definition) is 4. The maximum Gasteiger partial charge on any atom is 0.278 e. The van der Waals surface area contributed by atoms with Crippen LogP contribution in [0.5, 0.6) is 5.75 Å². The number of rotatable bonds is 3. The van der Waals surface area contributed by atoms with Crippen LogP contribution in [0.15, 0.2) is 71.8 Å². The van der Waals surface area contributed by atoms with Crippen molar-refractivity contribution in [2.75, 3.05) is 5.32 Å². The van der Waals surface area contributed by atoms with E-state index >= 15 is 0 Å². The molecule has 0 aromatic heterocycles. The van der Waals surface area contributed by atoms with E-state index in [-0.39, 0.29) is 11.7 Å². The fourth-order valence-electron chi connectivity index (χ4n) is 3.28. The number of nitrogens with zero attached hydrogens (tertiary/aromatic N) is 2. The molecule has 1 aliphatic heterocycles. The minimum absolute atomic E-state index is 0.0904. The molecule has 4 rings (SSSR count). The van der Waals surface area contributed by atoms with Crippen LogP contribution in [0.3, 0.4) is 0 Å². The normalized spacial score (nSPS) is 16.4. The summed E-state index contributed by atoms with van der Waals surface area (Å²) in [5.74, 6) is -0.183. The zero-order valence-electron chi connectivity index (χ0n) is 15.4. The zero-order valence-corrected chi connectivity index (χ0v) is 16.9. The number of aromatic hydroxyl groups is 1. The van der Waals surface area contributed by atoms with Crippen LogP contribution in [0.1, 0.15) is 34.6 Å². The van der Waals surface area contributed by atoms with Crippen molar-refractivity contribution in [3.63, 3.8) is 0 Å². The SMILES string of the molecule is CC(=NN1C(=O)c2ccccc2NC1c1ccc(Cl)cc1Cl)c1ccccc1O. The highest BCUT2D eigenvalue weighted by Gasteiger charge is 2.34. The summed E-state index contributed by atoms with van der Waals surface area (Å²) in [5, 5.41) is 20.3. The van der Waals surface area contributed by atoms with Crippen LogP contribution in [0, 0.1) is 0 Å². The molecule has 0 fully saturated rings. The van der Waals surface area contributed by atoms with Crippen LogP contribution in [0.4, 0.5) is 5.69 Å². The third kappa shape index (κ3) is 3.67. The first-order valence-corrected chi connectivity index (χ1v) is 9.69. The summed E-state index contributed by atoms with van der Waals surface area (Å²) in [6, 6.07) is 19.2. The van der Waals surface area contributed by atoms with Gasteiger partial charge in [-0.15, -0.1) is 0 Å². The lowest BCUT2D eigenvalue weighted by Gasteiger charge is -2.35. The van der Waals surface area contributed by atoms with Crippen molar-refractivity contribution in [1.29, 1.82) is 0 Å². The van der Waals surface area contributed by atoms with Gasteiger partial charge >= 0.3 is 0 Å². The van der Waals surface area contributed by atoms with Gasteiger partial charge < -0.3 is 10.4 Å². The molecule has 0 radical (unpaired) electrons. The van der Waals surface area contributed by atoms with Gasteiger partial charge in [-0.25, -0.2) is 5.01 Å². The van der Waals surface area contributed by atoms with Crippen LogP contribution in [-0.2, 0) is 0 Å². The average molecular weight is 426 g/mol. The number of hydrogen-bond donors (Lipinski definition) is 2. The summed E-state index contributed by atoms with van der Waals surface area (Å²) in [4.78, 5) is 13.3. The summed E-state index contributed by atoms with van der Waals surface area (Å²) in [5.41, 5.74) is 2.89. The minimum Gasteiger partial charge on any atom is -0.507 e. The molecule has 0 spiro atoms. The van der Waals surface area contributed by atoms with Gasteiger partial charge in [-0.1, -0.05) is 53.5 Å². The number of benzene rings is 3. The smallest absolute Gasteiger partial charge is 0.278 e. The number of phenolic OH excluding ortho intramolecular Hbond substituents is 1. The van der Waals surface area contributed by atoms with Gasteiger partial charge in [0.1, 0.15) is 5.75 Å². The number of anilines is 1. The topological polar surface area (TPSA) is 64.9 Å². The minimum atomic E-state index is -0.636. The molecule has 29 heavy (non-hydrogen) atoms. The summed E-state index contributed by atoms with van der Waals surface area (Å²) >= 11 is 12.5. The molecule has 1 heterocycles. The average Bonchev–Trinajstić information content (AvgIpc) is 2.70. The Bertz CT molecular complexity index is 1130. The molecule has 5 nitrogen and oxygen atoms in total. The van der Waals surface area contributed by atoms with Crippen molar-refractivity contribution in [2.45, 2.75) is 13.1 Å². The summed E-state index contributed by atoms with van der Waals surface area (Å²) in [6.45, 7) is 1.74. The van der Waals surface area contributed by atoms with Gasteiger partial charge in [0, 0.05) is 26.9 Å². The highest BCUT2D eigenvalue weighted by molar-refractivity contribution is 6.35. The van der Waals surface area contributed by atoms with E-state index in [1.54, 1.807) is 61.5 Å². The van der Waals surface area contributed by atoms with Gasteiger partial charge in [0.25, 0.3) is 5.91 Å². The molecular weight excluding hydrogens is 409 g/mol. The number of phenols is 1. The van der Waals surface area contributed by atoms with Crippen molar-refractivity contribution < 1.29 is 9.90 Å². The monoisotopic (exact) mass is 425 g/mol. The Morgan fingerprint density at radius 1 is 1.07 bits per heavy atom. The fourth-order valence-corrected chi connectivity index (χ4v) is 3.79. The highest BCUT2D eigenvalue weighted by Crippen LogP contribution is 2.37. The van der Waals surface area contributed by atoms with E-state index in [2.05, 4.69) is 10.4 Å². The molecule has 3 aromatic rings. The largest absolute Gasteiger partial charge is 0.507 e. The molecule has 0 saturated heterocycles. The van der Waals surface area contributed by atoms with Crippen molar-refractivity contribution in [3.8, 4) is 5.75 Å². The van der Waals surface area contributed by atoms with E-state index in [1.807, 2.05) is 12.1 Å². The number of hydrazone groups is 1. The molecular formula is C22H17Cl2N3O2. The predicted octanol–water partition coefficient (Wildman–Crippen LogP) is 5.69. The number of carbonyl (C=O) groups excluding carboxylic acids is 1. The standard InChI is InChI=1S/C22H17Cl2N3O2/c1-13(15-6-3-5-9-20(15)28)26-27-21(16-11-10-14(23)12-18(16)24)25-19-8-4-2-7-17(19)22(27)29/h2-12,21,25,28H,1H3. The molecule has 0 saturated carbocycles. The second kappa shape index (κ2) is 7.78. The van der Waals surface area contributed by atoms with E-state index < -0.39 is 6.17 Å². The summed E-state index contributed by atoms with van der Waals surface area (Å²) in [6.07, 6.45) is -0.636. The lowest BCUT2D eigenvalue weighted by atomic mass is 10.0. The molecule has 0 aliphatic carbocycles. The second-order valence-corrected chi connectivity index (χ2v) is 7.45. The quantitative estimate of drug-likeness (QED) is 0.529. The predicted molar refractivity (Wildman–Crippen MR) is 116 cm³/mol. The molecule has 1 amide bonds. The summed E-state index contributed by atoms with van der Waals surface area (Å²) < 4.78 is 0. The Morgan fingerprint density at radius 2 is 1.79 bits per heavy atom. The van der Waals surface area contributed by atoms with E-state index in [4.69, 9.17) is 23.2 Å². The van der Waals surface area contributed by atoms with Crippen molar-refractivity contribution in [1.82, 2.24) is 5.01 Å². The second-order valence-electron chi connectivity index (χ2n) is 6.61. The van der Waals surface area contributed by atoms with Crippen LogP contribution < -0.4 is 5.32 Å². The molecule has 0 bridgehead atoms. The van der Waals surface area contributed by atoms with Crippen molar-refractivity contribution >= 4 is 40.5 Å². The Labute approximate surface area is 178 Å². The lowest BCUT2D eigenvalue weighted by molar-refractivity contribution is 0.0690. The molecule has 7 heteroatoms. The van der Waals surface area contributed by atoms with E-state index in [9.17, 15) is 9.90 Å². The van der Waals surface area contributed by atoms with Gasteiger partial charge in [-0.2, -0.15) is 5.10 Å². The molecule has 3 aromatic carbocycles. The number of nitrogens with one attached hydrogen (secondary N) is 1. The lowest BCUT2D eigenvalue weighted by Crippen LogP contribution is -2.40. The number of fused-ring (bicyclic) bond motifs is 1.